The van der Waals surface area contributed by atoms with Crippen LogP contribution in [0.5, 0.6) is 0 Å². The number of carbonyl (C=O) groups is 1. The van der Waals surface area contributed by atoms with Crippen LogP contribution in [0.4, 0.5) is 0 Å². The molecule has 1 aromatic heterocycles. The number of ether oxygens (including phenoxy) is 1. The predicted molar refractivity (Wildman–Crippen MR) is 75.1 cm³/mol. The van der Waals surface area contributed by atoms with Crippen molar-refractivity contribution < 1.29 is 9.53 Å². The van der Waals surface area contributed by atoms with Crippen molar-refractivity contribution in [1.29, 1.82) is 0 Å². The minimum atomic E-state index is -0.316. The predicted octanol–water partition coefficient (Wildman–Crippen LogP) is 1.60. The lowest BCUT2D eigenvalue weighted by Crippen LogP contribution is -2.35. The Hall–Kier alpha value is -0.620. The molecule has 0 aromatic carbocycles. The summed E-state index contributed by atoms with van der Waals surface area (Å²) in [4.78, 5) is 13.0. The highest BCUT2D eigenvalue weighted by Gasteiger charge is 2.29. The van der Waals surface area contributed by atoms with Gasteiger partial charge in [0.2, 0.25) is 5.91 Å². The van der Waals surface area contributed by atoms with E-state index >= 15 is 0 Å². The molecule has 1 saturated heterocycles. The van der Waals surface area contributed by atoms with Crippen LogP contribution in [0.25, 0.3) is 0 Å². The number of aryl methyl sites for hydroxylation is 1. The molecule has 2 heterocycles. The van der Waals surface area contributed by atoms with Gasteiger partial charge in [-0.2, -0.15) is 0 Å². The average Bonchev–Trinajstić information content (AvgIpc) is 2.94. The van der Waals surface area contributed by atoms with Crippen molar-refractivity contribution in [3.8, 4) is 0 Å². The third-order valence-electron chi connectivity index (χ3n) is 3.05. The third kappa shape index (κ3) is 3.68. The number of carbonyl (C=O) groups excluding carboxylic acids is 1. The summed E-state index contributed by atoms with van der Waals surface area (Å²) in [5, 5.41) is 4.95. The van der Waals surface area contributed by atoms with Gasteiger partial charge in [-0.3, -0.25) is 4.79 Å². The quantitative estimate of drug-likeness (QED) is 0.885. The summed E-state index contributed by atoms with van der Waals surface area (Å²) in [7, 11) is 0. The number of hydrogen-bond acceptors (Lipinski definition) is 4. The molecule has 1 aliphatic heterocycles. The Morgan fingerprint density at radius 2 is 2.39 bits per heavy atom. The fraction of sp³-hybridized carbons (Fsp3) is 0.583. The summed E-state index contributed by atoms with van der Waals surface area (Å²) in [6, 6.07) is 2.06. The van der Waals surface area contributed by atoms with E-state index in [2.05, 4.69) is 18.3 Å². The maximum absolute atomic E-state index is 11.8. The molecule has 0 saturated carbocycles. The summed E-state index contributed by atoms with van der Waals surface area (Å²) in [6.07, 6.45) is 1.39. The Morgan fingerprint density at radius 1 is 1.61 bits per heavy atom. The van der Waals surface area contributed by atoms with Crippen molar-refractivity contribution in [2.45, 2.75) is 38.5 Å². The SMILES string of the molecule is Cc1ccsc1CNC(=O)[C@@H]1CC[C@H](CN)O1.Cl. The van der Waals surface area contributed by atoms with Crippen LogP contribution in [0, 0.1) is 6.92 Å². The lowest BCUT2D eigenvalue weighted by Gasteiger charge is -2.12. The molecule has 18 heavy (non-hydrogen) atoms. The van der Waals surface area contributed by atoms with E-state index in [4.69, 9.17) is 10.5 Å². The zero-order chi connectivity index (χ0) is 12.3. The second-order valence-electron chi connectivity index (χ2n) is 4.30. The van der Waals surface area contributed by atoms with Crippen molar-refractivity contribution in [3.05, 3.63) is 21.9 Å². The van der Waals surface area contributed by atoms with Crippen molar-refractivity contribution >= 4 is 29.7 Å². The molecule has 4 nitrogen and oxygen atoms in total. The average molecular weight is 291 g/mol. The van der Waals surface area contributed by atoms with Gasteiger partial charge in [0.25, 0.3) is 0 Å². The lowest BCUT2D eigenvalue weighted by molar-refractivity contribution is -0.132. The summed E-state index contributed by atoms with van der Waals surface area (Å²) in [5.74, 6) is -0.0197. The van der Waals surface area contributed by atoms with Gasteiger partial charge in [-0.1, -0.05) is 0 Å². The van der Waals surface area contributed by atoms with Crippen molar-refractivity contribution in [3.63, 3.8) is 0 Å². The molecule has 0 bridgehead atoms. The Balaban J connectivity index is 0.00000162. The monoisotopic (exact) mass is 290 g/mol. The van der Waals surface area contributed by atoms with E-state index in [-0.39, 0.29) is 30.5 Å². The summed E-state index contributed by atoms with van der Waals surface area (Å²) in [5.41, 5.74) is 6.74. The van der Waals surface area contributed by atoms with Crippen molar-refractivity contribution in [1.82, 2.24) is 5.32 Å². The van der Waals surface area contributed by atoms with Crippen LogP contribution in [-0.2, 0) is 16.1 Å². The van der Waals surface area contributed by atoms with Crippen LogP contribution in [0.1, 0.15) is 23.3 Å². The molecule has 2 rings (SSSR count). The van der Waals surface area contributed by atoms with Gasteiger partial charge in [-0.15, -0.1) is 23.7 Å². The molecule has 6 heteroatoms. The Kier molecular flexibility index (Phi) is 6.08. The molecule has 0 radical (unpaired) electrons. The molecule has 0 aliphatic carbocycles. The van der Waals surface area contributed by atoms with Crippen molar-refractivity contribution in [2.24, 2.45) is 5.73 Å². The van der Waals surface area contributed by atoms with Gasteiger partial charge >= 0.3 is 0 Å². The van der Waals surface area contributed by atoms with Gasteiger partial charge in [0, 0.05) is 11.4 Å². The van der Waals surface area contributed by atoms with Gasteiger partial charge < -0.3 is 15.8 Å². The van der Waals surface area contributed by atoms with Crippen LogP contribution in [0.2, 0.25) is 0 Å². The molecule has 2 atom stereocenters. The molecule has 1 aliphatic rings. The number of halogens is 1. The minimum absolute atomic E-state index is 0. The summed E-state index contributed by atoms with van der Waals surface area (Å²) >= 11 is 1.66. The Labute approximate surface area is 117 Å². The zero-order valence-corrected chi connectivity index (χ0v) is 12.0. The van der Waals surface area contributed by atoms with Gasteiger partial charge in [-0.05, 0) is 36.8 Å². The topological polar surface area (TPSA) is 64.4 Å². The van der Waals surface area contributed by atoms with E-state index in [1.54, 1.807) is 11.3 Å². The molecule has 1 aromatic rings. The van der Waals surface area contributed by atoms with Crippen LogP contribution in [-0.4, -0.2) is 24.7 Å². The van der Waals surface area contributed by atoms with Gasteiger partial charge in [0.05, 0.1) is 12.6 Å². The normalized spacial score (nSPS) is 22.6. The Bertz CT molecular complexity index is 397. The van der Waals surface area contributed by atoms with E-state index in [1.165, 1.54) is 10.4 Å². The number of rotatable bonds is 4. The first-order valence-corrected chi connectivity index (χ1v) is 6.75. The Morgan fingerprint density at radius 3 is 2.94 bits per heavy atom. The molecular weight excluding hydrogens is 272 g/mol. The highest BCUT2D eigenvalue weighted by Crippen LogP contribution is 2.19. The fourth-order valence-electron chi connectivity index (χ4n) is 1.94. The molecule has 0 spiro atoms. The van der Waals surface area contributed by atoms with Gasteiger partial charge in [0.15, 0.2) is 0 Å². The standard InChI is InChI=1S/C12H18N2O2S.ClH/c1-8-4-5-17-11(8)7-14-12(15)10-3-2-9(6-13)16-10;/h4-5,9-10H,2-3,6-7,13H2,1H3,(H,14,15);1H/t9-,10+;/m1./s1. The second kappa shape index (κ2) is 7.09. The molecular formula is C12H19ClN2O2S. The fourth-order valence-corrected chi connectivity index (χ4v) is 2.78. The number of hydrogen-bond donors (Lipinski definition) is 2. The second-order valence-corrected chi connectivity index (χ2v) is 5.31. The molecule has 102 valence electrons. The smallest absolute Gasteiger partial charge is 0.249 e. The van der Waals surface area contributed by atoms with Crippen LogP contribution in [0.15, 0.2) is 11.4 Å². The zero-order valence-electron chi connectivity index (χ0n) is 10.3. The molecule has 3 N–H and O–H groups in total. The van der Waals surface area contributed by atoms with Crippen molar-refractivity contribution in [2.75, 3.05) is 6.54 Å². The lowest BCUT2D eigenvalue weighted by atomic mass is 10.2. The van der Waals surface area contributed by atoms with E-state index in [0.717, 1.165) is 12.8 Å². The van der Waals surface area contributed by atoms with E-state index in [1.807, 2.05) is 5.38 Å². The highest BCUT2D eigenvalue weighted by molar-refractivity contribution is 7.10. The number of amides is 1. The van der Waals surface area contributed by atoms with Gasteiger partial charge in [-0.25, -0.2) is 0 Å². The van der Waals surface area contributed by atoms with E-state index in [0.29, 0.717) is 13.1 Å². The molecule has 1 fully saturated rings. The number of nitrogens with two attached hydrogens (primary N) is 1. The number of nitrogens with one attached hydrogen (secondary N) is 1. The first kappa shape index (κ1) is 15.4. The maximum atomic E-state index is 11.8. The number of thiophene rings is 1. The van der Waals surface area contributed by atoms with E-state index < -0.39 is 0 Å². The molecule has 1 amide bonds. The first-order chi connectivity index (χ1) is 8.20. The first-order valence-electron chi connectivity index (χ1n) is 5.87. The maximum Gasteiger partial charge on any atom is 0.249 e. The summed E-state index contributed by atoms with van der Waals surface area (Å²) in [6.45, 7) is 3.14. The van der Waals surface area contributed by atoms with Crippen LogP contribution in [0.3, 0.4) is 0 Å². The van der Waals surface area contributed by atoms with Gasteiger partial charge in [0.1, 0.15) is 6.10 Å². The van der Waals surface area contributed by atoms with E-state index in [9.17, 15) is 4.79 Å². The van der Waals surface area contributed by atoms with Crippen LogP contribution < -0.4 is 11.1 Å². The largest absolute Gasteiger partial charge is 0.364 e. The minimum Gasteiger partial charge on any atom is -0.364 e. The third-order valence-corrected chi connectivity index (χ3v) is 4.08. The summed E-state index contributed by atoms with van der Waals surface area (Å²) < 4.78 is 5.54. The van der Waals surface area contributed by atoms with Crippen LogP contribution >= 0.6 is 23.7 Å². The molecule has 0 unspecified atom stereocenters. The highest BCUT2D eigenvalue weighted by atomic mass is 35.5.